The van der Waals surface area contributed by atoms with Gasteiger partial charge in [-0.15, -0.1) is 4.91 Å². The second kappa shape index (κ2) is 3.59. The van der Waals surface area contributed by atoms with Crippen LogP contribution in [0.4, 0.5) is 11.4 Å². The average Bonchev–Trinajstić information content (AvgIpc) is 2.18. The fourth-order valence-electron chi connectivity index (χ4n) is 1.37. The second-order valence-corrected chi connectivity index (χ2v) is 3.79. The van der Waals surface area contributed by atoms with Crippen molar-refractivity contribution in [3.8, 4) is 0 Å². The van der Waals surface area contributed by atoms with Crippen molar-refractivity contribution in [1.82, 2.24) is 0 Å². The molecule has 1 N–H and O–H groups in total. The van der Waals surface area contributed by atoms with Crippen LogP contribution in [0.3, 0.4) is 0 Å². The van der Waals surface area contributed by atoms with E-state index in [1.807, 2.05) is 0 Å². The van der Waals surface area contributed by atoms with Gasteiger partial charge in [-0.05, 0) is 17.3 Å². The molecule has 0 fully saturated rings. The van der Waals surface area contributed by atoms with Crippen molar-refractivity contribution in [1.29, 1.82) is 0 Å². The van der Waals surface area contributed by atoms with Gasteiger partial charge >= 0.3 is 0 Å². The maximum absolute atomic E-state index is 10.6. The fourth-order valence-corrected chi connectivity index (χ4v) is 1.75. The highest BCUT2D eigenvalue weighted by molar-refractivity contribution is 6.34. The summed E-state index contributed by atoms with van der Waals surface area (Å²) in [4.78, 5) is 10.6. The van der Waals surface area contributed by atoms with Gasteiger partial charge in [0.25, 0.3) is 0 Å². The number of nitrogens with one attached hydrogen (secondary N) is 1. The minimum absolute atomic E-state index is 0.240. The third-order valence-electron chi connectivity index (χ3n) is 2.00. The SMILES string of the molecule is O=Nc1c(Cl)ccc2c1NCC(Cl)=C2. The lowest BCUT2D eigenvalue weighted by molar-refractivity contribution is 1.27. The molecule has 14 heavy (non-hydrogen) atoms. The Labute approximate surface area is 90.7 Å². The molecular formula is C9H6Cl2N2O. The largest absolute Gasteiger partial charge is 0.378 e. The van der Waals surface area contributed by atoms with Crippen molar-refractivity contribution < 1.29 is 0 Å². The van der Waals surface area contributed by atoms with Gasteiger partial charge < -0.3 is 5.32 Å². The number of nitrogens with zero attached hydrogens (tertiary/aromatic N) is 1. The van der Waals surface area contributed by atoms with Gasteiger partial charge in [0.1, 0.15) is 5.69 Å². The Morgan fingerprint density at radius 1 is 1.36 bits per heavy atom. The summed E-state index contributed by atoms with van der Waals surface area (Å²) < 4.78 is 0. The van der Waals surface area contributed by atoms with Crippen LogP contribution in [0.25, 0.3) is 6.08 Å². The summed E-state index contributed by atoms with van der Waals surface area (Å²) in [6.45, 7) is 0.497. The van der Waals surface area contributed by atoms with Gasteiger partial charge in [-0.2, -0.15) is 0 Å². The van der Waals surface area contributed by atoms with Gasteiger partial charge in [-0.1, -0.05) is 29.3 Å². The molecule has 1 aliphatic heterocycles. The Kier molecular flexibility index (Phi) is 2.44. The minimum atomic E-state index is 0.240. The van der Waals surface area contributed by atoms with Crippen molar-refractivity contribution in [3.05, 3.63) is 32.7 Å². The highest BCUT2D eigenvalue weighted by Crippen LogP contribution is 2.39. The summed E-state index contributed by atoms with van der Waals surface area (Å²) in [5.41, 5.74) is 1.72. The molecule has 0 amide bonds. The van der Waals surface area contributed by atoms with Gasteiger partial charge in [0.05, 0.1) is 17.3 Å². The Balaban J connectivity index is 2.64. The molecule has 3 nitrogen and oxygen atoms in total. The van der Waals surface area contributed by atoms with Gasteiger partial charge in [-0.3, -0.25) is 0 Å². The monoisotopic (exact) mass is 228 g/mol. The minimum Gasteiger partial charge on any atom is -0.378 e. The number of rotatable bonds is 1. The summed E-state index contributed by atoms with van der Waals surface area (Å²) in [7, 11) is 0. The topological polar surface area (TPSA) is 41.5 Å². The van der Waals surface area contributed by atoms with E-state index >= 15 is 0 Å². The molecule has 0 saturated heterocycles. The van der Waals surface area contributed by atoms with E-state index in [1.165, 1.54) is 0 Å². The number of hydrogen-bond donors (Lipinski definition) is 1. The molecule has 0 saturated carbocycles. The lowest BCUT2D eigenvalue weighted by atomic mass is 10.1. The number of nitroso groups, excluding NO2 is 1. The maximum atomic E-state index is 10.6. The zero-order valence-electron chi connectivity index (χ0n) is 7.05. The summed E-state index contributed by atoms with van der Waals surface area (Å²) in [5, 5.41) is 6.92. The first-order chi connectivity index (χ1) is 6.72. The summed E-state index contributed by atoms with van der Waals surface area (Å²) in [5.74, 6) is 0. The van der Waals surface area contributed by atoms with Gasteiger partial charge in [0.15, 0.2) is 0 Å². The van der Waals surface area contributed by atoms with Crippen LogP contribution in [0.1, 0.15) is 5.56 Å². The molecule has 5 heteroatoms. The Hall–Kier alpha value is -1.06. The predicted octanol–water partition coefficient (Wildman–Crippen LogP) is 3.74. The average molecular weight is 229 g/mol. The number of anilines is 1. The highest BCUT2D eigenvalue weighted by atomic mass is 35.5. The maximum Gasteiger partial charge on any atom is 0.150 e. The van der Waals surface area contributed by atoms with Crippen LogP contribution in [-0.2, 0) is 0 Å². The summed E-state index contributed by atoms with van der Waals surface area (Å²) in [6, 6.07) is 3.42. The molecule has 1 aliphatic rings. The van der Waals surface area contributed by atoms with Crippen molar-refractivity contribution in [2.45, 2.75) is 0 Å². The molecule has 0 aromatic heterocycles. The van der Waals surface area contributed by atoms with E-state index in [4.69, 9.17) is 23.2 Å². The third-order valence-corrected chi connectivity index (χ3v) is 2.55. The molecule has 72 valence electrons. The first kappa shape index (κ1) is 9.49. The van der Waals surface area contributed by atoms with Crippen LogP contribution < -0.4 is 5.32 Å². The van der Waals surface area contributed by atoms with Gasteiger partial charge in [0.2, 0.25) is 0 Å². The van der Waals surface area contributed by atoms with E-state index in [2.05, 4.69) is 10.5 Å². The van der Waals surface area contributed by atoms with Crippen LogP contribution in [0, 0.1) is 4.91 Å². The van der Waals surface area contributed by atoms with Crippen LogP contribution in [0.15, 0.2) is 22.3 Å². The van der Waals surface area contributed by atoms with Crippen LogP contribution in [0.5, 0.6) is 0 Å². The highest BCUT2D eigenvalue weighted by Gasteiger charge is 2.15. The summed E-state index contributed by atoms with van der Waals surface area (Å²) in [6.07, 6.45) is 1.79. The van der Waals surface area contributed by atoms with E-state index in [-0.39, 0.29) is 5.69 Å². The molecular weight excluding hydrogens is 223 g/mol. The molecule has 1 aromatic carbocycles. The predicted molar refractivity (Wildman–Crippen MR) is 59.2 cm³/mol. The number of hydrogen-bond acceptors (Lipinski definition) is 3. The third kappa shape index (κ3) is 1.49. The molecule has 0 spiro atoms. The van der Waals surface area contributed by atoms with Gasteiger partial charge in [0, 0.05) is 10.6 Å². The van der Waals surface area contributed by atoms with Crippen LogP contribution in [0.2, 0.25) is 5.02 Å². The van der Waals surface area contributed by atoms with Crippen LogP contribution >= 0.6 is 23.2 Å². The van der Waals surface area contributed by atoms with Crippen LogP contribution in [-0.4, -0.2) is 6.54 Å². The van der Waals surface area contributed by atoms with E-state index in [9.17, 15) is 4.91 Å². The molecule has 1 heterocycles. The van der Waals surface area contributed by atoms with E-state index in [0.29, 0.717) is 22.3 Å². The molecule has 2 rings (SSSR count). The van der Waals surface area contributed by atoms with Crippen molar-refractivity contribution in [2.75, 3.05) is 11.9 Å². The second-order valence-electron chi connectivity index (χ2n) is 2.90. The lowest BCUT2D eigenvalue weighted by Gasteiger charge is -2.16. The number of fused-ring (bicyclic) bond motifs is 1. The van der Waals surface area contributed by atoms with E-state index in [1.54, 1.807) is 18.2 Å². The molecule has 1 aromatic rings. The zero-order chi connectivity index (χ0) is 10.1. The molecule has 0 bridgehead atoms. The number of benzene rings is 1. The smallest absolute Gasteiger partial charge is 0.150 e. The zero-order valence-corrected chi connectivity index (χ0v) is 8.56. The Morgan fingerprint density at radius 3 is 2.86 bits per heavy atom. The standard InChI is InChI=1S/C9H6Cl2N2O/c10-6-3-5-1-2-7(11)9(13-14)8(5)12-4-6/h1-3,12H,4H2. The lowest BCUT2D eigenvalue weighted by Crippen LogP contribution is -2.07. The molecule has 0 unspecified atom stereocenters. The Morgan fingerprint density at radius 2 is 2.14 bits per heavy atom. The number of halogens is 2. The first-order valence-corrected chi connectivity index (χ1v) is 4.74. The van der Waals surface area contributed by atoms with Crippen molar-refractivity contribution in [2.24, 2.45) is 5.18 Å². The normalized spacial score (nSPS) is 14.0. The molecule has 0 aliphatic carbocycles. The van der Waals surface area contributed by atoms with Gasteiger partial charge in [-0.25, -0.2) is 0 Å². The Bertz CT molecular complexity index is 429. The first-order valence-electron chi connectivity index (χ1n) is 3.98. The quantitative estimate of drug-likeness (QED) is 0.745. The van der Waals surface area contributed by atoms with Crippen molar-refractivity contribution in [3.63, 3.8) is 0 Å². The molecule has 0 radical (unpaired) electrons. The van der Waals surface area contributed by atoms with Crippen molar-refractivity contribution >= 4 is 40.7 Å². The summed E-state index contributed by atoms with van der Waals surface area (Å²) >= 11 is 11.6. The fraction of sp³-hybridized carbons (Fsp3) is 0.111. The van der Waals surface area contributed by atoms with E-state index in [0.717, 1.165) is 5.56 Å². The van der Waals surface area contributed by atoms with E-state index < -0.39 is 0 Å². The molecule has 0 atom stereocenters.